The first-order valence-corrected chi connectivity index (χ1v) is 4.61. The number of carboxylic acid groups (broad SMARTS) is 1. The third-order valence-electron chi connectivity index (χ3n) is 1.98. The summed E-state index contributed by atoms with van der Waals surface area (Å²) in [6.45, 7) is 1.67. The molecule has 1 rings (SSSR count). The molecule has 1 N–H and O–H groups in total. The Balaban J connectivity index is 3.34. The first-order valence-electron chi connectivity index (χ1n) is 4.23. The highest BCUT2D eigenvalue weighted by molar-refractivity contribution is 6.40. The molecule has 1 aromatic rings. The predicted molar refractivity (Wildman–Crippen MR) is 52.8 cm³/mol. The van der Waals surface area contributed by atoms with Gasteiger partial charge in [-0.05, 0) is 18.6 Å². The van der Waals surface area contributed by atoms with Gasteiger partial charge in [-0.1, -0.05) is 18.5 Å². The standard InChI is InChI=1S/C10H8ClFO3/c1-2-5-7(11)4-3-6(8(5)12)9(13)10(14)15/h3-4H,2H2,1H3,(H,14,15). The van der Waals surface area contributed by atoms with Crippen LogP contribution in [-0.2, 0) is 11.2 Å². The van der Waals surface area contributed by atoms with Crippen LogP contribution in [0.3, 0.4) is 0 Å². The first-order chi connectivity index (χ1) is 6.99. The molecule has 3 nitrogen and oxygen atoms in total. The molecular weight excluding hydrogens is 223 g/mol. The molecule has 0 heterocycles. The molecule has 0 aromatic heterocycles. The second-order valence-electron chi connectivity index (χ2n) is 2.88. The number of hydrogen-bond donors (Lipinski definition) is 1. The fraction of sp³-hybridized carbons (Fsp3) is 0.200. The molecule has 0 amide bonds. The van der Waals surface area contributed by atoms with Crippen LogP contribution in [0.4, 0.5) is 4.39 Å². The van der Waals surface area contributed by atoms with E-state index in [1.807, 2.05) is 0 Å². The number of aliphatic carboxylic acids is 1. The molecule has 0 aliphatic heterocycles. The van der Waals surface area contributed by atoms with Crippen molar-refractivity contribution in [1.29, 1.82) is 0 Å². The van der Waals surface area contributed by atoms with E-state index in [0.717, 1.165) is 6.07 Å². The van der Waals surface area contributed by atoms with Gasteiger partial charge < -0.3 is 5.11 Å². The monoisotopic (exact) mass is 230 g/mol. The number of hydrogen-bond acceptors (Lipinski definition) is 2. The van der Waals surface area contributed by atoms with Gasteiger partial charge in [0.25, 0.3) is 5.78 Å². The minimum absolute atomic E-state index is 0.156. The molecule has 0 radical (unpaired) electrons. The molecule has 1 aromatic carbocycles. The normalized spacial score (nSPS) is 10.1. The lowest BCUT2D eigenvalue weighted by molar-refractivity contribution is -0.131. The average Bonchev–Trinajstić information content (AvgIpc) is 2.17. The quantitative estimate of drug-likeness (QED) is 0.640. The Labute approximate surface area is 90.5 Å². The van der Waals surface area contributed by atoms with E-state index in [1.165, 1.54) is 6.07 Å². The lowest BCUT2D eigenvalue weighted by atomic mass is 10.0. The molecule has 0 aliphatic carbocycles. The lowest BCUT2D eigenvalue weighted by Gasteiger charge is -2.06. The highest BCUT2D eigenvalue weighted by Gasteiger charge is 2.21. The van der Waals surface area contributed by atoms with Gasteiger partial charge in [0.15, 0.2) is 0 Å². The Morgan fingerprint density at radius 3 is 2.53 bits per heavy atom. The molecule has 0 saturated carbocycles. The van der Waals surface area contributed by atoms with Crippen molar-refractivity contribution in [3.05, 3.63) is 34.1 Å². The number of carboxylic acids is 1. The van der Waals surface area contributed by atoms with E-state index in [4.69, 9.17) is 16.7 Å². The largest absolute Gasteiger partial charge is 0.475 e. The summed E-state index contributed by atoms with van der Waals surface area (Å²) in [4.78, 5) is 21.4. The zero-order valence-electron chi connectivity index (χ0n) is 7.88. The Morgan fingerprint density at radius 2 is 2.07 bits per heavy atom. The van der Waals surface area contributed by atoms with Crippen LogP contribution in [0.25, 0.3) is 0 Å². The maximum absolute atomic E-state index is 13.6. The van der Waals surface area contributed by atoms with E-state index < -0.39 is 23.1 Å². The minimum atomic E-state index is -1.68. The van der Waals surface area contributed by atoms with Gasteiger partial charge in [-0.25, -0.2) is 9.18 Å². The molecule has 0 spiro atoms. The first kappa shape index (κ1) is 11.7. The summed E-state index contributed by atoms with van der Waals surface area (Å²) >= 11 is 5.69. The van der Waals surface area contributed by atoms with E-state index >= 15 is 0 Å². The van der Waals surface area contributed by atoms with Crippen molar-refractivity contribution in [2.45, 2.75) is 13.3 Å². The highest BCUT2D eigenvalue weighted by atomic mass is 35.5. The number of benzene rings is 1. The summed E-state index contributed by atoms with van der Waals surface area (Å²) in [5.41, 5.74) is -0.299. The summed E-state index contributed by atoms with van der Waals surface area (Å²) in [5, 5.41) is 8.64. The molecule has 15 heavy (non-hydrogen) atoms. The van der Waals surface area contributed by atoms with Crippen LogP contribution >= 0.6 is 11.6 Å². The minimum Gasteiger partial charge on any atom is -0.475 e. The molecule has 0 bridgehead atoms. The summed E-state index contributed by atoms with van der Waals surface area (Å²) in [6.07, 6.45) is 0.297. The van der Waals surface area contributed by atoms with Crippen molar-refractivity contribution in [2.75, 3.05) is 0 Å². The van der Waals surface area contributed by atoms with Gasteiger partial charge in [-0.3, -0.25) is 4.79 Å². The number of carbonyl (C=O) groups is 2. The molecule has 80 valence electrons. The van der Waals surface area contributed by atoms with Crippen molar-refractivity contribution < 1.29 is 19.1 Å². The Kier molecular flexibility index (Phi) is 3.42. The van der Waals surface area contributed by atoms with Gasteiger partial charge in [-0.15, -0.1) is 0 Å². The third-order valence-corrected chi connectivity index (χ3v) is 2.33. The van der Waals surface area contributed by atoms with E-state index in [-0.39, 0.29) is 10.6 Å². The Hall–Kier alpha value is -1.42. The van der Waals surface area contributed by atoms with Crippen molar-refractivity contribution in [1.82, 2.24) is 0 Å². The number of ketones is 1. The lowest BCUT2D eigenvalue weighted by Crippen LogP contribution is -2.15. The van der Waals surface area contributed by atoms with Crippen molar-refractivity contribution in [3.63, 3.8) is 0 Å². The van der Waals surface area contributed by atoms with Gasteiger partial charge in [0.05, 0.1) is 5.56 Å². The van der Waals surface area contributed by atoms with Crippen molar-refractivity contribution in [3.8, 4) is 0 Å². The van der Waals surface area contributed by atoms with E-state index in [2.05, 4.69) is 0 Å². The van der Waals surface area contributed by atoms with Gasteiger partial charge in [0.2, 0.25) is 0 Å². The fourth-order valence-electron chi connectivity index (χ4n) is 1.21. The second-order valence-corrected chi connectivity index (χ2v) is 3.28. The molecule has 0 fully saturated rings. The molecule has 0 unspecified atom stereocenters. The number of carbonyl (C=O) groups excluding carboxylic acids is 1. The second kappa shape index (κ2) is 4.40. The summed E-state index contributed by atoms with van der Waals surface area (Å²) in [5.74, 6) is -3.80. The van der Waals surface area contributed by atoms with Gasteiger partial charge in [0, 0.05) is 10.6 Å². The van der Waals surface area contributed by atoms with Crippen molar-refractivity contribution in [2.24, 2.45) is 0 Å². The van der Waals surface area contributed by atoms with Gasteiger partial charge in [-0.2, -0.15) is 0 Å². The van der Waals surface area contributed by atoms with Crippen LogP contribution < -0.4 is 0 Å². The van der Waals surface area contributed by atoms with Crippen molar-refractivity contribution >= 4 is 23.4 Å². The van der Waals surface area contributed by atoms with Crippen LogP contribution in [-0.4, -0.2) is 16.9 Å². The maximum Gasteiger partial charge on any atom is 0.377 e. The number of rotatable bonds is 3. The molecule has 0 saturated heterocycles. The van der Waals surface area contributed by atoms with Crippen LogP contribution in [0.2, 0.25) is 5.02 Å². The highest BCUT2D eigenvalue weighted by Crippen LogP contribution is 2.23. The Morgan fingerprint density at radius 1 is 1.47 bits per heavy atom. The van der Waals surface area contributed by atoms with Gasteiger partial charge >= 0.3 is 5.97 Å². The average molecular weight is 231 g/mol. The summed E-state index contributed by atoms with van der Waals surface area (Å²) < 4.78 is 13.6. The smallest absolute Gasteiger partial charge is 0.377 e. The zero-order valence-corrected chi connectivity index (χ0v) is 8.64. The number of halogens is 2. The van der Waals surface area contributed by atoms with E-state index in [0.29, 0.717) is 6.42 Å². The maximum atomic E-state index is 13.6. The van der Waals surface area contributed by atoms with Crippen LogP contribution in [0, 0.1) is 5.82 Å². The fourth-order valence-corrected chi connectivity index (χ4v) is 1.49. The third kappa shape index (κ3) is 2.15. The van der Waals surface area contributed by atoms with Crippen LogP contribution in [0.15, 0.2) is 12.1 Å². The predicted octanol–water partition coefficient (Wildman–Crippen LogP) is 2.31. The van der Waals surface area contributed by atoms with E-state index in [1.54, 1.807) is 6.92 Å². The van der Waals surface area contributed by atoms with Crippen LogP contribution in [0.5, 0.6) is 0 Å². The van der Waals surface area contributed by atoms with E-state index in [9.17, 15) is 14.0 Å². The zero-order chi connectivity index (χ0) is 11.6. The topological polar surface area (TPSA) is 54.4 Å². The molecular formula is C10H8ClFO3. The van der Waals surface area contributed by atoms with Gasteiger partial charge in [0.1, 0.15) is 5.82 Å². The number of Topliss-reactive ketones (excluding diaryl/α,β-unsaturated/α-hetero) is 1. The molecule has 5 heteroatoms. The summed E-state index contributed by atoms with van der Waals surface area (Å²) in [7, 11) is 0. The van der Waals surface area contributed by atoms with Crippen LogP contribution in [0.1, 0.15) is 22.8 Å². The summed E-state index contributed by atoms with van der Waals surface area (Å²) in [6, 6.07) is 2.40. The SMILES string of the molecule is CCc1c(Cl)ccc(C(=O)C(=O)O)c1F. The Bertz CT molecular complexity index is 429. The molecule has 0 atom stereocenters. The molecule has 0 aliphatic rings.